The number of imidazole rings is 1. The molecule has 2 heterocycles. The highest BCUT2D eigenvalue weighted by Gasteiger charge is 2.11. The van der Waals surface area contributed by atoms with E-state index in [4.69, 9.17) is 11.6 Å². The van der Waals surface area contributed by atoms with Crippen molar-refractivity contribution in [2.75, 3.05) is 0 Å². The summed E-state index contributed by atoms with van der Waals surface area (Å²) in [5.74, 6) is 0.881. The second-order valence-corrected chi connectivity index (χ2v) is 3.59. The van der Waals surface area contributed by atoms with E-state index in [9.17, 15) is 0 Å². The van der Waals surface area contributed by atoms with Gasteiger partial charge >= 0.3 is 0 Å². The highest BCUT2D eigenvalue weighted by atomic mass is 35.5. The Hall–Kier alpha value is -1.09. The minimum Gasteiger partial charge on any atom is -0.331 e. The molecule has 0 saturated carbocycles. The third-order valence-electron chi connectivity index (χ3n) is 2.18. The van der Waals surface area contributed by atoms with Crippen molar-refractivity contribution in [3.05, 3.63) is 23.6 Å². The minimum atomic E-state index is 0.330. The fraction of sp³-hybridized carbons (Fsp3) is 0.400. The maximum atomic E-state index is 5.75. The molecule has 2 aliphatic heterocycles. The average Bonchev–Trinajstić information content (AvgIpc) is 2.55. The van der Waals surface area contributed by atoms with E-state index in [1.54, 1.807) is 0 Å². The van der Waals surface area contributed by atoms with E-state index in [0.717, 1.165) is 24.5 Å². The van der Waals surface area contributed by atoms with Gasteiger partial charge in [-0.15, -0.1) is 0 Å². The molecule has 0 N–H and O–H groups in total. The number of aromatic nitrogens is 3. The maximum Gasteiger partial charge on any atom is 0.225 e. The minimum absolute atomic E-state index is 0.330. The van der Waals surface area contributed by atoms with Crippen molar-refractivity contribution in [1.29, 1.82) is 0 Å². The first-order chi connectivity index (χ1) is 6.81. The van der Waals surface area contributed by atoms with Crippen LogP contribution in [0.3, 0.4) is 0 Å². The lowest BCUT2D eigenvalue weighted by Gasteiger charge is -2.08. The molecule has 0 atom stereocenters. The Balaban J connectivity index is 2.36. The zero-order valence-corrected chi connectivity index (χ0v) is 8.83. The fourth-order valence-electron chi connectivity index (χ4n) is 1.46. The van der Waals surface area contributed by atoms with Crippen LogP contribution in [0, 0.1) is 0 Å². The van der Waals surface area contributed by atoms with Crippen LogP contribution in [0.1, 0.15) is 19.8 Å². The topological polar surface area (TPSA) is 30.7 Å². The van der Waals surface area contributed by atoms with Gasteiger partial charge in [0.25, 0.3) is 0 Å². The molecule has 0 fully saturated rings. The summed E-state index contributed by atoms with van der Waals surface area (Å²) in [6.07, 6.45) is 4.34. The first-order valence-electron chi connectivity index (χ1n) is 4.79. The standard InChI is InChI=1S/C10H12ClN3/c1-2-3-6-14-7-4-5-8-9(14)13-10(11)12-8/h4-5,7H,2-3,6H2,1H3. The van der Waals surface area contributed by atoms with Crippen molar-refractivity contribution in [2.45, 2.75) is 26.3 Å². The monoisotopic (exact) mass is 209 g/mol. The van der Waals surface area contributed by atoms with Gasteiger partial charge in [-0.25, -0.2) is 4.98 Å². The van der Waals surface area contributed by atoms with Crippen LogP contribution in [0.4, 0.5) is 0 Å². The molecule has 0 radical (unpaired) electrons. The van der Waals surface area contributed by atoms with E-state index in [0.29, 0.717) is 5.28 Å². The fourth-order valence-corrected chi connectivity index (χ4v) is 1.63. The summed E-state index contributed by atoms with van der Waals surface area (Å²) < 4.78 is 2.09. The van der Waals surface area contributed by atoms with E-state index in [2.05, 4.69) is 21.5 Å². The van der Waals surface area contributed by atoms with E-state index in [-0.39, 0.29) is 0 Å². The van der Waals surface area contributed by atoms with Gasteiger partial charge in [-0.1, -0.05) is 13.3 Å². The summed E-state index contributed by atoms with van der Waals surface area (Å²) >= 11 is 5.75. The van der Waals surface area contributed by atoms with Crippen LogP contribution in [-0.4, -0.2) is 14.5 Å². The quantitative estimate of drug-likeness (QED) is 0.779. The number of fused-ring (bicyclic) bond motifs is 1. The molecule has 2 rings (SSSR count). The van der Waals surface area contributed by atoms with Crippen LogP contribution in [0.25, 0.3) is 11.5 Å². The smallest absolute Gasteiger partial charge is 0.225 e. The Labute approximate surface area is 88.1 Å². The van der Waals surface area contributed by atoms with Gasteiger partial charge in [-0.3, -0.25) is 0 Å². The second kappa shape index (κ2) is 3.96. The van der Waals surface area contributed by atoms with Crippen LogP contribution in [0.15, 0.2) is 18.3 Å². The summed E-state index contributed by atoms with van der Waals surface area (Å²) in [6.45, 7) is 3.15. The molecule has 0 amide bonds. The molecular weight excluding hydrogens is 198 g/mol. The van der Waals surface area contributed by atoms with E-state index >= 15 is 0 Å². The van der Waals surface area contributed by atoms with Gasteiger partial charge in [0, 0.05) is 12.7 Å². The van der Waals surface area contributed by atoms with Crippen molar-refractivity contribution in [2.24, 2.45) is 0 Å². The van der Waals surface area contributed by atoms with Crippen molar-refractivity contribution >= 4 is 11.6 Å². The first kappa shape index (κ1) is 9.46. The SMILES string of the molecule is CCCCn1cccc2nc(Cl)nc1-2. The third kappa shape index (κ3) is 1.73. The van der Waals surface area contributed by atoms with Crippen LogP contribution in [-0.2, 0) is 6.54 Å². The van der Waals surface area contributed by atoms with Crippen LogP contribution in [0.5, 0.6) is 0 Å². The molecule has 0 saturated heterocycles. The summed E-state index contributed by atoms with van der Waals surface area (Å²) in [4.78, 5) is 8.30. The second-order valence-electron chi connectivity index (χ2n) is 3.26. The van der Waals surface area contributed by atoms with Gasteiger partial charge in [0.2, 0.25) is 5.28 Å². The molecule has 0 aromatic heterocycles. The van der Waals surface area contributed by atoms with Crippen molar-refractivity contribution in [3.8, 4) is 11.5 Å². The van der Waals surface area contributed by atoms with Gasteiger partial charge in [0.15, 0.2) is 5.82 Å². The summed E-state index contributed by atoms with van der Waals surface area (Å²) in [7, 11) is 0. The number of aryl methyl sites for hydroxylation is 1. The number of pyridine rings is 1. The van der Waals surface area contributed by atoms with E-state index in [1.807, 2.05) is 18.3 Å². The number of halogens is 1. The molecule has 0 unspecified atom stereocenters. The number of rotatable bonds is 3. The van der Waals surface area contributed by atoms with Crippen LogP contribution in [0.2, 0.25) is 5.28 Å². The molecular formula is C10H12ClN3. The summed E-state index contributed by atoms with van der Waals surface area (Å²) in [6, 6.07) is 3.90. The Morgan fingerprint density at radius 2 is 2.29 bits per heavy atom. The largest absolute Gasteiger partial charge is 0.331 e. The maximum absolute atomic E-state index is 5.75. The molecule has 0 aromatic carbocycles. The molecule has 14 heavy (non-hydrogen) atoms. The summed E-state index contributed by atoms with van der Waals surface area (Å²) in [5, 5.41) is 0.330. The zero-order chi connectivity index (χ0) is 9.97. The van der Waals surface area contributed by atoms with Crippen LogP contribution < -0.4 is 0 Å². The Morgan fingerprint density at radius 1 is 1.43 bits per heavy atom. The molecule has 74 valence electrons. The van der Waals surface area contributed by atoms with E-state index < -0.39 is 0 Å². The molecule has 0 aliphatic carbocycles. The lowest BCUT2D eigenvalue weighted by Crippen LogP contribution is -2.02. The van der Waals surface area contributed by atoms with E-state index in [1.165, 1.54) is 6.42 Å². The van der Waals surface area contributed by atoms with Gasteiger partial charge in [0.1, 0.15) is 5.69 Å². The molecule has 3 nitrogen and oxygen atoms in total. The van der Waals surface area contributed by atoms with Gasteiger partial charge in [-0.2, -0.15) is 4.98 Å². The predicted octanol–water partition coefficient (Wildman–Crippen LogP) is 2.84. The molecule has 4 heteroatoms. The Kier molecular flexibility index (Phi) is 2.68. The Morgan fingerprint density at radius 3 is 3.07 bits per heavy atom. The third-order valence-corrected chi connectivity index (χ3v) is 2.35. The predicted molar refractivity (Wildman–Crippen MR) is 56.6 cm³/mol. The number of nitrogens with zero attached hydrogens (tertiary/aromatic N) is 3. The van der Waals surface area contributed by atoms with Crippen molar-refractivity contribution in [1.82, 2.24) is 14.5 Å². The average molecular weight is 210 g/mol. The summed E-state index contributed by atoms with van der Waals surface area (Å²) in [5.41, 5.74) is 0.869. The lowest BCUT2D eigenvalue weighted by atomic mass is 10.3. The van der Waals surface area contributed by atoms with Gasteiger partial charge in [0.05, 0.1) is 0 Å². The number of hydrogen-bond donors (Lipinski definition) is 0. The lowest BCUT2D eigenvalue weighted by molar-refractivity contribution is 0.628. The highest BCUT2D eigenvalue weighted by molar-refractivity contribution is 6.28. The number of hydrogen-bond acceptors (Lipinski definition) is 2. The molecule has 0 bridgehead atoms. The number of unbranched alkanes of at least 4 members (excludes halogenated alkanes) is 1. The zero-order valence-electron chi connectivity index (χ0n) is 8.07. The first-order valence-corrected chi connectivity index (χ1v) is 5.17. The molecule has 2 aliphatic rings. The van der Waals surface area contributed by atoms with Gasteiger partial charge in [-0.05, 0) is 30.2 Å². The highest BCUT2D eigenvalue weighted by Crippen LogP contribution is 2.20. The van der Waals surface area contributed by atoms with Crippen molar-refractivity contribution < 1.29 is 0 Å². The van der Waals surface area contributed by atoms with Crippen molar-refractivity contribution in [3.63, 3.8) is 0 Å². The Bertz CT molecular complexity index is 397. The molecule has 0 spiro atoms. The van der Waals surface area contributed by atoms with Crippen LogP contribution >= 0.6 is 11.6 Å². The normalized spacial score (nSPS) is 11.0. The van der Waals surface area contributed by atoms with Gasteiger partial charge < -0.3 is 4.57 Å². The molecule has 0 aromatic rings.